The van der Waals surface area contributed by atoms with Crippen molar-refractivity contribution in [3.8, 4) is 11.8 Å². The van der Waals surface area contributed by atoms with Crippen LogP contribution in [0.2, 0.25) is 0 Å². The van der Waals surface area contributed by atoms with Crippen molar-refractivity contribution >= 4 is 0 Å². The van der Waals surface area contributed by atoms with Crippen LogP contribution in [0.3, 0.4) is 0 Å². The van der Waals surface area contributed by atoms with Gasteiger partial charge in [0.05, 0.1) is 6.10 Å². The fourth-order valence-corrected chi connectivity index (χ4v) is 2.66. The first-order valence-corrected chi connectivity index (χ1v) is 7.20. The molecular weight excluding hydrogens is 252 g/mol. The van der Waals surface area contributed by atoms with Gasteiger partial charge in [-0.15, -0.1) is 0 Å². The van der Waals surface area contributed by atoms with Crippen molar-refractivity contribution < 1.29 is 9.84 Å². The quantitative estimate of drug-likeness (QED) is 0.836. The molecule has 0 spiro atoms. The summed E-state index contributed by atoms with van der Waals surface area (Å²) >= 11 is 0. The maximum absolute atomic E-state index is 9.52. The van der Waals surface area contributed by atoms with Crippen LogP contribution < -0.4 is 10.1 Å². The second-order valence-corrected chi connectivity index (χ2v) is 5.48. The van der Waals surface area contributed by atoms with Gasteiger partial charge in [-0.05, 0) is 56.3 Å². The Morgan fingerprint density at radius 2 is 2.15 bits per heavy atom. The van der Waals surface area contributed by atoms with E-state index in [1.165, 1.54) is 5.56 Å². The van der Waals surface area contributed by atoms with Crippen molar-refractivity contribution in [3.63, 3.8) is 0 Å². The lowest BCUT2D eigenvalue weighted by Crippen LogP contribution is -2.25. The molecule has 2 rings (SSSR count). The maximum atomic E-state index is 9.52. The van der Waals surface area contributed by atoms with Crippen molar-refractivity contribution in [1.82, 2.24) is 5.32 Å². The highest BCUT2D eigenvalue weighted by molar-refractivity contribution is 5.29. The summed E-state index contributed by atoms with van der Waals surface area (Å²) < 4.78 is 5.23. The molecule has 1 fully saturated rings. The molecule has 20 heavy (non-hydrogen) atoms. The van der Waals surface area contributed by atoms with E-state index in [4.69, 9.17) is 10.00 Å². The molecule has 0 aliphatic heterocycles. The lowest BCUT2D eigenvalue weighted by atomic mass is 10.1. The van der Waals surface area contributed by atoms with Gasteiger partial charge in [0.2, 0.25) is 0 Å². The number of benzene rings is 1. The first-order valence-electron chi connectivity index (χ1n) is 7.20. The van der Waals surface area contributed by atoms with Crippen molar-refractivity contribution in [3.05, 3.63) is 29.8 Å². The van der Waals surface area contributed by atoms with Gasteiger partial charge in [0, 0.05) is 6.04 Å². The van der Waals surface area contributed by atoms with Crippen molar-refractivity contribution in [2.45, 2.75) is 38.3 Å². The average molecular weight is 274 g/mol. The highest BCUT2D eigenvalue weighted by atomic mass is 16.5. The molecule has 3 unspecified atom stereocenters. The van der Waals surface area contributed by atoms with Crippen LogP contribution in [-0.4, -0.2) is 24.4 Å². The lowest BCUT2D eigenvalue weighted by Gasteiger charge is -2.17. The number of ether oxygens (including phenoxy) is 1. The van der Waals surface area contributed by atoms with Crippen molar-refractivity contribution in [2.24, 2.45) is 5.92 Å². The number of nitrogens with zero attached hydrogens (tertiary/aromatic N) is 1. The minimum atomic E-state index is -0.103. The standard InChI is InChI=1S/C16H22N2O2/c1-12(18-11-13-2-5-15(19)10-13)14-3-6-16(7-4-14)20-9-8-17/h3-4,6-7,12-13,15,18-19H,2,5,9-11H2,1H3. The summed E-state index contributed by atoms with van der Waals surface area (Å²) in [6.45, 7) is 3.17. The number of nitriles is 1. The smallest absolute Gasteiger partial charge is 0.174 e. The topological polar surface area (TPSA) is 65.3 Å². The number of aliphatic hydroxyl groups excluding tert-OH is 1. The third-order valence-corrected chi connectivity index (χ3v) is 3.91. The molecule has 0 heterocycles. The number of aliphatic hydroxyl groups is 1. The summed E-state index contributed by atoms with van der Waals surface area (Å²) in [6, 6.07) is 10.1. The van der Waals surface area contributed by atoms with Gasteiger partial charge in [0.25, 0.3) is 0 Å². The number of hydrogen-bond donors (Lipinski definition) is 2. The Bertz CT molecular complexity index is 453. The first kappa shape index (κ1) is 14.8. The van der Waals surface area contributed by atoms with E-state index in [1.807, 2.05) is 30.3 Å². The molecule has 0 radical (unpaired) electrons. The van der Waals surface area contributed by atoms with Gasteiger partial charge < -0.3 is 15.2 Å². The Labute approximate surface area is 120 Å². The van der Waals surface area contributed by atoms with Gasteiger partial charge in [0.1, 0.15) is 11.8 Å². The molecular formula is C16H22N2O2. The lowest BCUT2D eigenvalue weighted by molar-refractivity contribution is 0.177. The van der Waals surface area contributed by atoms with E-state index in [0.717, 1.165) is 31.6 Å². The fraction of sp³-hybridized carbons (Fsp3) is 0.562. The molecule has 3 atom stereocenters. The number of hydrogen-bond acceptors (Lipinski definition) is 4. The second kappa shape index (κ2) is 7.28. The molecule has 0 bridgehead atoms. The van der Waals surface area contributed by atoms with E-state index in [2.05, 4.69) is 12.2 Å². The summed E-state index contributed by atoms with van der Waals surface area (Å²) in [4.78, 5) is 0. The first-order chi connectivity index (χ1) is 9.69. The third-order valence-electron chi connectivity index (χ3n) is 3.91. The molecule has 108 valence electrons. The van der Waals surface area contributed by atoms with Crippen LogP contribution in [0.15, 0.2) is 24.3 Å². The second-order valence-electron chi connectivity index (χ2n) is 5.48. The van der Waals surface area contributed by atoms with E-state index in [9.17, 15) is 5.11 Å². The number of rotatable bonds is 6. The fourth-order valence-electron chi connectivity index (χ4n) is 2.66. The van der Waals surface area contributed by atoms with Crippen LogP contribution in [0.4, 0.5) is 0 Å². The molecule has 1 aromatic carbocycles. The molecule has 1 saturated carbocycles. The van der Waals surface area contributed by atoms with Crippen LogP contribution >= 0.6 is 0 Å². The Morgan fingerprint density at radius 3 is 2.75 bits per heavy atom. The number of nitrogens with one attached hydrogen (secondary N) is 1. The molecule has 1 aliphatic carbocycles. The van der Waals surface area contributed by atoms with Gasteiger partial charge >= 0.3 is 0 Å². The third kappa shape index (κ3) is 4.22. The Kier molecular flexibility index (Phi) is 5.40. The van der Waals surface area contributed by atoms with Crippen molar-refractivity contribution in [2.75, 3.05) is 13.2 Å². The van der Waals surface area contributed by atoms with E-state index in [-0.39, 0.29) is 18.8 Å². The molecule has 0 amide bonds. The van der Waals surface area contributed by atoms with Crippen LogP contribution in [0.5, 0.6) is 5.75 Å². The molecule has 4 heteroatoms. The minimum absolute atomic E-state index is 0.0805. The summed E-state index contributed by atoms with van der Waals surface area (Å²) in [5, 5.41) is 21.5. The van der Waals surface area contributed by atoms with E-state index in [0.29, 0.717) is 5.92 Å². The predicted octanol–water partition coefficient (Wildman–Crippen LogP) is 2.40. The highest BCUT2D eigenvalue weighted by Gasteiger charge is 2.22. The van der Waals surface area contributed by atoms with Gasteiger partial charge in [-0.3, -0.25) is 0 Å². The summed E-state index contributed by atoms with van der Waals surface area (Å²) in [6.07, 6.45) is 2.86. The minimum Gasteiger partial charge on any atom is -0.479 e. The molecule has 0 aromatic heterocycles. The normalized spacial score (nSPS) is 23.2. The zero-order valence-corrected chi connectivity index (χ0v) is 11.9. The van der Waals surface area contributed by atoms with Gasteiger partial charge in [-0.25, -0.2) is 0 Å². The highest BCUT2D eigenvalue weighted by Crippen LogP contribution is 2.25. The largest absolute Gasteiger partial charge is 0.479 e. The predicted molar refractivity (Wildman–Crippen MR) is 77.3 cm³/mol. The van der Waals surface area contributed by atoms with Crippen LogP contribution in [0.25, 0.3) is 0 Å². The molecule has 2 N–H and O–H groups in total. The molecule has 4 nitrogen and oxygen atoms in total. The maximum Gasteiger partial charge on any atom is 0.174 e. The average Bonchev–Trinajstić information content (AvgIpc) is 2.89. The zero-order valence-electron chi connectivity index (χ0n) is 11.9. The Morgan fingerprint density at radius 1 is 1.40 bits per heavy atom. The van der Waals surface area contributed by atoms with Gasteiger partial charge in [-0.1, -0.05) is 12.1 Å². The van der Waals surface area contributed by atoms with E-state index in [1.54, 1.807) is 0 Å². The van der Waals surface area contributed by atoms with Crippen molar-refractivity contribution in [1.29, 1.82) is 5.26 Å². The SMILES string of the molecule is CC(NCC1CCC(O)C1)c1ccc(OCC#N)cc1. The van der Waals surface area contributed by atoms with E-state index < -0.39 is 0 Å². The van der Waals surface area contributed by atoms with Gasteiger partial charge in [-0.2, -0.15) is 5.26 Å². The monoisotopic (exact) mass is 274 g/mol. The van der Waals surface area contributed by atoms with Crippen LogP contribution in [0.1, 0.15) is 37.8 Å². The summed E-state index contributed by atoms with van der Waals surface area (Å²) in [5.74, 6) is 1.31. The molecule has 0 saturated heterocycles. The Hall–Kier alpha value is -1.57. The summed E-state index contributed by atoms with van der Waals surface area (Å²) in [7, 11) is 0. The van der Waals surface area contributed by atoms with Crippen LogP contribution in [0, 0.1) is 17.2 Å². The zero-order chi connectivity index (χ0) is 14.4. The Balaban J connectivity index is 1.80. The van der Waals surface area contributed by atoms with E-state index >= 15 is 0 Å². The summed E-state index contributed by atoms with van der Waals surface area (Å²) in [5.41, 5.74) is 1.20. The van der Waals surface area contributed by atoms with Gasteiger partial charge in [0.15, 0.2) is 6.61 Å². The molecule has 1 aromatic rings. The van der Waals surface area contributed by atoms with Crippen LogP contribution in [-0.2, 0) is 0 Å². The molecule has 1 aliphatic rings.